The van der Waals surface area contributed by atoms with Crippen LogP contribution in [0.25, 0.3) is 0 Å². The Kier molecular flexibility index (Phi) is 5.34. The summed E-state index contributed by atoms with van der Waals surface area (Å²) < 4.78 is 38.9. The lowest BCUT2D eigenvalue weighted by Crippen LogP contribution is -2.46. The van der Waals surface area contributed by atoms with E-state index in [2.05, 4.69) is 10.1 Å². The Morgan fingerprint density at radius 3 is 2.45 bits per heavy atom. The molecule has 0 saturated heterocycles. The van der Waals surface area contributed by atoms with Gasteiger partial charge in [-0.2, -0.15) is 13.2 Å². The first-order valence-electron chi connectivity index (χ1n) is 6.28. The molecule has 0 radical (unpaired) electrons. The van der Waals surface area contributed by atoms with E-state index in [4.69, 9.17) is 5.73 Å². The van der Waals surface area contributed by atoms with Gasteiger partial charge in [-0.1, -0.05) is 13.8 Å². The molecular formula is C11H18F3N5O. The standard InChI is InChI=1S/C11H18F3N5O/c1-3-8(4-2)19(6-11(12,13)14)9(20)5-18-7-16-10(15)17-18/h7-8H,3-6H2,1-2H3,(H2,15,17). The molecule has 0 aliphatic rings. The SMILES string of the molecule is CCC(CC)N(CC(F)(F)F)C(=O)Cn1cnc(N)n1. The number of amides is 1. The number of hydrogen-bond donors (Lipinski definition) is 1. The summed E-state index contributed by atoms with van der Waals surface area (Å²) in [5.74, 6) is -0.677. The zero-order valence-corrected chi connectivity index (χ0v) is 11.4. The van der Waals surface area contributed by atoms with E-state index in [1.54, 1.807) is 13.8 Å². The quantitative estimate of drug-likeness (QED) is 0.861. The Bertz CT molecular complexity index is 442. The van der Waals surface area contributed by atoms with E-state index >= 15 is 0 Å². The fraction of sp³-hybridized carbons (Fsp3) is 0.727. The van der Waals surface area contributed by atoms with Crippen molar-refractivity contribution in [2.24, 2.45) is 0 Å². The van der Waals surface area contributed by atoms with E-state index in [1.165, 1.54) is 6.33 Å². The Balaban J connectivity index is 2.83. The van der Waals surface area contributed by atoms with E-state index in [0.29, 0.717) is 12.8 Å². The second kappa shape index (κ2) is 6.58. The van der Waals surface area contributed by atoms with Crippen LogP contribution in [0.1, 0.15) is 26.7 Å². The highest BCUT2D eigenvalue weighted by atomic mass is 19.4. The molecule has 0 aliphatic carbocycles. The Morgan fingerprint density at radius 2 is 2.05 bits per heavy atom. The van der Waals surface area contributed by atoms with Crippen molar-refractivity contribution in [1.29, 1.82) is 0 Å². The molecule has 114 valence electrons. The largest absolute Gasteiger partial charge is 0.406 e. The first kappa shape index (κ1) is 16.3. The minimum Gasteiger partial charge on any atom is -0.367 e. The van der Waals surface area contributed by atoms with Crippen LogP contribution in [0.3, 0.4) is 0 Å². The van der Waals surface area contributed by atoms with Gasteiger partial charge < -0.3 is 10.6 Å². The lowest BCUT2D eigenvalue weighted by molar-refractivity contribution is -0.166. The zero-order chi connectivity index (χ0) is 15.3. The van der Waals surface area contributed by atoms with Crippen LogP contribution >= 0.6 is 0 Å². The van der Waals surface area contributed by atoms with Crippen molar-refractivity contribution in [2.45, 2.75) is 45.5 Å². The van der Waals surface area contributed by atoms with Crippen LogP contribution in [0.15, 0.2) is 6.33 Å². The van der Waals surface area contributed by atoms with Gasteiger partial charge >= 0.3 is 6.18 Å². The molecule has 0 bridgehead atoms. The second-order valence-corrected chi connectivity index (χ2v) is 4.41. The van der Waals surface area contributed by atoms with Crippen molar-refractivity contribution >= 4 is 11.9 Å². The summed E-state index contributed by atoms with van der Waals surface area (Å²) in [6.07, 6.45) is -2.30. The summed E-state index contributed by atoms with van der Waals surface area (Å²) in [7, 11) is 0. The molecule has 20 heavy (non-hydrogen) atoms. The summed E-state index contributed by atoms with van der Waals surface area (Å²) in [5, 5.41) is 3.70. The smallest absolute Gasteiger partial charge is 0.367 e. The molecule has 1 amide bonds. The molecule has 1 heterocycles. The highest BCUT2D eigenvalue weighted by Crippen LogP contribution is 2.20. The first-order valence-corrected chi connectivity index (χ1v) is 6.28. The van der Waals surface area contributed by atoms with Gasteiger partial charge in [-0.3, -0.25) is 4.79 Å². The maximum absolute atomic E-state index is 12.6. The number of nitrogen functional groups attached to an aromatic ring is 1. The lowest BCUT2D eigenvalue weighted by atomic mass is 10.1. The molecule has 0 unspecified atom stereocenters. The third-order valence-electron chi connectivity index (χ3n) is 2.90. The van der Waals surface area contributed by atoms with Crippen LogP contribution in [0.2, 0.25) is 0 Å². The van der Waals surface area contributed by atoms with E-state index in [1.807, 2.05) is 0 Å². The number of nitrogens with zero attached hydrogens (tertiary/aromatic N) is 4. The molecule has 0 atom stereocenters. The lowest BCUT2D eigenvalue weighted by Gasteiger charge is -2.31. The molecule has 6 nitrogen and oxygen atoms in total. The van der Waals surface area contributed by atoms with Gasteiger partial charge in [0.25, 0.3) is 0 Å². The fourth-order valence-electron chi connectivity index (χ4n) is 1.96. The minimum absolute atomic E-state index is 0.0253. The number of carbonyl (C=O) groups is 1. The van der Waals surface area contributed by atoms with Crippen molar-refractivity contribution in [3.8, 4) is 0 Å². The molecule has 2 N–H and O–H groups in total. The van der Waals surface area contributed by atoms with Gasteiger partial charge in [0.2, 0.25) is 11.9 Å². The van der Waals surface area contributed by atoms with E-state index in [9.17, 15) is 18.0 Å². The Hall–Kier alpha value is -1.80. The average Bonchev–Trinajstić information content (AvgIpc) is 2.73. The van der Waals surface area contributed by atoms with Gasteiger partial charge in [-0.15, -0.1) is 5.10 Å². The van der Waals surface area contributed by atoms with Crippen LogP contribution in [0, 0.1) is 0 Å². The summed E-state index contributed by atoms with van der Waals surface area (Å²) in [4.78, 5) is 16.5. The molecule has 0 spiro atoms. The number of alkyl halides is 3. The van der Waals surface area contributed by atoms with E-state index in [0.717, 1.165) is 9.58 Å². The topological polar surface area (TPSA) is 77.0 Å². The van der Waals surface area contributed by atoms with Gasteiger partial charge in [-0.25, -0.2) is 9.67 Å². The third-order valence-corrected chi connectivity index (χ3v) is 2.90. The summed E-state index contributed by atoms with van der Waals surface area (Å²) in [6.45, 7) is 1.93. The number of aromatic nitrogens is 3. The molecule has 1 aromatic rings. The maximum Gasteiger partial charge on any atom is 0.406 e. The molecule has 1 rings (SSSR count). The molecular weight excluding hydrogens is 275 g/mol. The maximum atomic E-state index is 12.6. The number of carbonyl (C=O) groups excluding carboxylic acids is 1. The molecule has 0 aliphatic heterocycles. The van der Waals surface area contributed by atoms with Crippen LogP contribution in [0.4, 0.5) is 19.1 Å². The van der Waals surface area contributed by atoms with Gasteiger partial charge in [0, 0.05) is 6.04 Å². The minimum atomic E-state index is -4.43. The summed E-state index contributed by atoms with van der Waals surface area (Å²) in [5.41, 5.74) is 5.30. The molecule has 1 aromatic heterocycles. The predicted molar refractivity (Wildman–Crippen MR) is 66.6 cm³/mol. The van der Waals surface area contributed by atoms with Crippen molar-refractivity contribution in [3.63, 3.8) is 0 Å². The highest BCUT2D eigenvalue weighted by Gasteiger charge is 2.35. The second-order valence-electron chi connectivity index (χ2n) is 4.41. The van der Waals surface area contributed by atoms with Gasteiger partial charge in [0.1, 0.15) is 19.4 Å². The average molecular weight is 293 g/mol. The monoisotopic (exact) mass is 293 g/mol. The molecule has 0 saturated carbocycles. The van der Waals surface area contributed by atoms with Crippen LogP contribution in [-0.2, 0) is 11.3 Å². The number of halogens is 3. The van der Waals surface area contributed by atoms with Crippen LogP contribution in [-0.4, -0.2) is 44.3 Å². The summed E-state index contributed by atoms with van der Waals surface area (Å²) in [6, 6.07) is -0.454. The van der Waals surface area contributed by atoms with Gasteiger partial charge in [0.05, 0.1) is 0 Å². The third kappa shape index (κ3) is 4.71. The molecule has 0 aromatic carbocycles. The van der Waals surface area contributed by atoms with Crippen LogP contribution in [0.5, 0.6) is 0 Å². The van der Waals surface area contributed by atoms with Gasteiger partial charge in [-0.05, 0) is 12.8 Å². The van der Waals surface area contributed by atoms with Crippen molar-refractivity contribution in [1.82, 2.24) is 19.7 Å². The zero-order valence-electron chi connectivity index (χ0n) is 11.4. The van der Waals surface area contributed by atoms with Crippen molar-refractivity contribution < 1.29 is 18.0 Å². The van der Waals surface area contributed by atoms with E-state index < -0.39 is 24.7 Å². The van der Waals surface area contributed by atoms with Crippen molar-refractivity contribution in [3.05, 3.63) is 6.33 Å². The highest BCUT2D eigenvalue weighted by molar-refractivity contribution is 5.76. The molecule has 0 fully saturated rings. The van der Waals surface area contributed by atoms with Crippen LogP contribution < -0.4 is 5.73 Å². The molecule has 9 heteroatoms. The fourth-order valence-corrected chi connectivity index (χ4v) is 1.96. The Labute approximate surface area is 114 Å². The number of hydrogen-bond acceptors (Lipinski definition) is 4. The number of anilines is 1. The first-order chi connectivity index (χ1) is 9.26. The van der Waals surface area contributed by atoms with Crippen molar-refractivity contribution in [2.75, 3.05) is 12.3 Å². The van der Waals surface area contributed by atoms with Gasteiger partial charge in [0.15, 0.2) is 0 Å². The normalized spacial score (nSPS) is 11.9. The Morgan fingerprint density at radius 1 is 1.45 bits per heavy atom. The van der Waals surface area contributed by atoms with E-state index in [-0.39, 0.29) is 12.5 Å². The number of nitrogens with two attached hydrogens (primary N) is 1. The number of rotatable bonds is 6. The summed E-state index contributed by atoms with van der Waals surface area (Å²) >= 11 is 0. The predicted octanol–water partition coefficient (Wildman–Crippen LogP) is 1.44.